The Labute approximate surface area is 205 Å². The number of amides is 2. The van der Waals surface area contributed by atoms with Crippen LogP contribution in [0.15, 0.2) is 35.5 Å². The first-order chi connectivity index (χ1) is 16.9. The van der Waals surface area contributed by atoms with E-state index >= 15 is 0 Å². The zero-order valence-corrected chi connectivity index (χ0v) is 20.3. The molecule has 1 aliphatic carbocycles. The molecule has 1 aromatic rings. The molecule has 2 atom stereocenters. The lowest BCUT2D eigenvalue weighted by atomic mass is 9.76. The van der Waals surface area contributed by atoms with E-state index in [9.17, 15) is 14.4 Å². The Bertz CT molecular complexity index is 1030. The van der Waals surface area contributed by atoms with Gasteiger partial charge in [-0.25, -0.2) is 5.01 Å². The van der Waals surface area contributed by atoms with E-state index in [1.807, 2.05) is 18.2 Å². The van der Waals surface area contributed by atoms with Gasteiger partial charge in [-0.05, 0) is 50.3 Å². The second-order valence-electron chi connectivity index (χ2n) is 9.25. The molecule has 0 aromatic heterocycles. The Hall–Kier alpha value is -3.36. The monoisotopic (exact) mass is 483 g/mol. The molecule has 1 N–H and O–H groups in total. The van der Waals surface area contributed by atoms with Crippen LogP contribution in [0.2, 0.25) is 0 Å². The molecule has 4 rings (SSSR count). The van der Waals surface area contributed by atoms with Gasteiger partial charge in [0, 0.05) is 37.4 Å². The number of ether oxygens (including phenoxy) is 2. The van der Waals surface area contributed by atoms with Gasteiger partial charge in [0.25, 0.3) is 0 Å². The molecular formula is C26H33N3O6. The van der Waals surface area contributed by atoms with Crippen molar-refractivity contribution in [3.63, 3.8) is 0 Å². The van der Waals surface area contributed by atoms with Crippen molar-refractivity contribution in [1.29, 1.82) is 0 Å². The summed E-state index contributed by atoms with van der Waals surface area (Å²) in [5, 5.41) is 15.4. The molecule has 1 fully saturated rings. The number of carbonyl (C=O) groups is 3. The first-order valence-electron chi connectivity index (χ1n) is 12.2. The SMILES string of the molecule is COc1ccc(C2=NN(C3CCN(C(=O)CCCC(=O)O)CC3)C(=O)[C@@H]3CC=CC[C@H]23)cc1OC. The summed E-state index contributed by atoms with van der Waals surface area (Å²) in [6.07, 6.45) is 7.51. The first kappa shape index (κ1) is 24.8. The summed E-state index contributed by atoms with van der Waals surface area (Å²) in [6.45, 7) is 1.07. The number of benzene rings is 1. The maximum Gasteiger partial charge on any atom is 0.303 e. The van der Waals surface area contributed by atoms with Crippen LogP contribution in [-0.4, -0.2) is 71.9 Å². The van der Waals surface area contributed by atoms with E-state index in [0.717, 1.165) is 17.7 Å². The lowest BCUT2D eigenvalue weighted by molar-refractivity contribution is -0.142. The number of methoxy groups -OCH3 is 2. The van der Waals surface area contributed by atoms with Gasteiger partial charge in [0.2, 0.25) is 11.8 Å². The van der Waals surface area contributed by atoms with Crippen molar-refractivity contribution in [2.75, 3.05) is 27.3 Å². The number of carboxylic acids is 1. The molecule has 0 unspecified atom stereocenters. The molecule has 9 heteroatoms. The van der Waals surface area contributed by atoms with E-state index in [2.05, 4.69) is 12.2 Å². The summed E-state index contributed by atoms with van der Waals surface area (Å²) in [5.74, 6) is 0.250. The third-order valence-electron chi connectivity index (χ3n) is 7.17. The number of rotatable bonds is 8. The van der Waals surface area contributed by atoms with Crippen molar-refractivity contribution in [3.8, 4) is 11.5 Å². The number of piperidine rings is 1. The van der Waals surface area contributed by atoms with Crippen LogP contribution in [0.3, 0.4) is 0 Å². The molecule has 3 aliphatic rings. The van der Waals surface area contributed by atoms with Crippen LogP contribution in [0.1, 0.15) is 50.5 Å². The van der Waals surface area contributed by atoms with Gasteiger partial charge in [0.15, 0.2) is 11.5 Å². The van der Waals surface area contributed by atoms with Crippen molar-refractivity contribution in [2.24, 2.45) is 16.9 Å². The van der Waals surface area contributed by atoms with Gasteiger partial charge in [-0.15, -0.1) is 0 Å². The Morgan fingerprint density at radius 3 is 2.37 bits per heavy atom. The van der Waals surface area contributed by atoms with Gasteiger partial charge in [0.05, 0.1) is 31.9 Å². The zero-order valence-electron chi connectivity index (χ0n) is 20.3. The van der Waals surface area contributed by atoms with Gasteiger partial charge in [0.1, 0.15) is 0 Å². The minimum Gasteiger partial charge on any atom is -0.493 e. The molecule has 1 aromatic carbocycles. The van der Waals surface area contributed by atoms with Gasteiger partial charge in [-0.1, -0.05) is 12.2 Å². The van der Waals surface area contributed by atoms with Crippen LogP contribution in [0.4, 0.5) is 0 Å². The van der Waals surface area contributed by atoms with Crippen LogP contribution in [0.5, 0.6) is 11.5 Å². The fraction of sp³-hybridized carbons (Fsp3) is 0.538. The number of likely N-dealkylation sites (tertiary alicyclic amines) is 1. The third-order valence-corrected chi connectivity index (χ3v) is 7.17. The number of fused-ring (bicyclic) bond motifs is 1. The Morgan fingerprint density at radius 2 is 1.71 bits per heavy atom. The van der Waals surface area contributed by atoms with Gasteiger partial charge in [-0.2, -0.15) is 5.10 Å². The molecule has 188 valence electrons. The van der Waals surface area contributed by atoms with E-state index < -0.39 is 5.97 Å². The molecule has 1 saturated heterocycles. The first-order valence-corrected chi connectivity index (χ1v) is 12.2. The number of aliphatic carboxylic acids is 1. The van der Waals surface area contributed by atoms with Crippen LogP contribution in [-0.2, 0) is 14.4 Å². The van der Waals surface area contributed by atoms with Crippen LogP contribution < -0.4 is 9.47 Å². The quantitative estimate of drug-likeness (QED) is 0.569. The Balaban J connectivity index is 1.52. The summed E-state index contributed by atoms with van der Waals surface area (Å²) in [4.78, 5) is 38.4. The van der Waals surface area contributed by atoms with Crippen LogP contribution >= 0.6 is 0 Å². The molecule has 0 spiro atoms. The Morgan fingerprint density at radius 1 is 1.03 bits per heavy atom. The molecule has 35 heavy (non-hydrogen) atoms. The van der Waals surface area contributed by atoms with E-state index in [0.29, 0.717) is 50.3 Å². The number of allylic oxidation sites excluding steroid dienone is 2. The average Bonchev–Trinajstić information content (AvgIpc) is 2.88. The van der Waals surface area contributed by atoms with Crippen molar-refractivity contribution in [1.82, 2.24) is 9.91 Å². The molecule has 9 nitrogen and oxygen atoms in total. The Kier molecular flexibility index (Phi) is 7.73. The predicted molar refractivity (Wildman–Crippen MR) is 129 cm³/mol. The normalized spacial score (nSPS) is 22.5. The molecule has 0 bridgehead atoms. The summed E-state index contributed by atoms with van der Waals surface area (Å²) in [7, 11) is 3.20. The smallest absolute Gasteiger partial charge is 0.303 e. The van der Waals surface area contributed by atoms with E-state index in [-0.39, 0.29) is 42.5 Å². The molecular weight excluding hydrogens is 450 g/mol. The van der Waals surface area contributed by atoms with Crippen LogP contribution in [0.25, 0.3) is 0 Å². The maximum absolute atomic E-state index is 13.5. The highest BCUT2D eigenvalue weighted by molar-refractivity contribution is 6.07. The van der Waals surface area contributed by atoms with Crippen molar-refractivity contribution < 1.29 is 29.0 Å². The molecule has 2 aliphatic heterocycles. The second kappa shape index (κ2) is 10.9. The number of nitrogens with zero attached hydrogens (tertiary/aromatic N) is 3. The lowest BCUT2D eigenvalue weighted by Crippen LogP contribution is -2.52. The number of hydrogen-bond donors (Lipinski definition) is 1. The van der Waals surface area contributed by atoms with Crippen LogP contribution in [0, 0.1) is 11.8 Å². The van der Waals surface area contributed by atoms with E-state index in [1.165, 1.54) is 0 Å². The summed E-state index contributed by atoms with van der Waals surface area (Å²) in [5.41, 5.74) is 1.79. The fourth-order valence-corrected chi connectivity index (χ4v) is 5.24. The molecule has 0 saturated carbocycles. The standard InChI is InChI=1S/C26H33N3O6/c1-34-21-11-10-17(16-22(21)35-2)25-19-6-3-4-7-20(19)26(33)29(27-25)18-12-14-28(15-13-18)23(30)8-5-9-24(31)32/h3-4,10-11,16,18-20H,5-9,12-15H2,1-2H3,(H,31,32)/t19-,20+/m0/s1. The van der Waals surface area contributed by atoms with Gasteiger partial charge in [-0.3, -0.25) is 14.4 Å². The number of hydrazone groups is 1. The highest BCUT2D eigenvalue weighted by atomic mass is 16.5. The van der Waals surface area contributed by atoms with Crippen molar-refractivity contribution in [2.45, 2.75) is 51.0 Å². The largest absolute Gasteiger partial charge is 0.493 e. The van der Waals surface area contributed by atoms with Gasteiger partial charge < -0.3 is 19.5 Å². The highest BCUT2D eigenvalue weighted by Gasteiger charge is 2.43. The van der Waals surface area contributed by atoms with E-state index in [4.69, 9.17) is 19.7 Å². The third kappa shape index (κ3) is 5.33. The van der Waals surface area contributed by atoms with Crippen molar-refractivity contribution in [3.05, 3.63) is 35.9 Å². The molecule has 2 amide bonds. The minimum absolute atomic E-state index is 0.00484. The van der Waals surface area contributed by atoms with Gasteiger partial charge >= 0.3 is 5.97 Å². The number of carbonyl (C=O) groups excluding carboxylic acids is 2. The predicted octanol–water partition coefficient (Wildman–Crippen LogP) is 3.08. The summed E-state index contributed by atoms with van der Waals surface area (Å²) < 4.78 is 10.9. The summed E-state index contributed by atoms with van der Waals surface area (Å²) in [6, 6.07) is 5.66. The summed E-state index contributed by atoms with van der Waals surface area (Å²) >= 11 is 0. The fourth-order valence-electron chi connectivity index (χ4n) is 5.24. The molecule has 0 radical (unpaired) electrons. The number of carboxylic acid groups (broad SMARTS) is 1. The minimum atomic E-state index is -0.890. The van der Waals surface area contributed by atoms with E-state index in [1.54, 1.807) is 24.1 Å². The topological polar surface area (TPSA) is 109 Å². The zero-order chi connectivity index (χ0) is 24.9. The highest BCUT2D eigenvalue weighted by Crippen LogP contribution is 2.38. The average molecular weight is 484 g/mol. The molecule has 2 heterocycles. The second-order valence-corrected chi connectivity index (χ2v) is 9.25. The maximum atomic E-state index is 13.5. The lowest BCUT2D eigenvalue weighted by Gasteiger charge is -2.42. The number of hydrogen-bond acceptors (Lipinski definition) is 6. The van der Waals surface area contributed by atoms with Crippen molar-refractivity contribution >= 4 is 23.5 Å².